The number of quaternary nitrogens is 1. The van der Waals surface area contributed by atoms with Crippen LogP contribution in [0.5, 0.6) is 0 Å². The lowest BCUT2D eigenvalue weighted by Crippen LogP contribution is -3.00. The van der Waals surface area contributed by atoms with Gasteiger partial charge in [0.2, 0.25) is 41.4 Å². The highest BCUT2D eigenvalue weighted by molar-refractivity contribution is 5.96. The molecule has 10 N–H and O–H groups in total. The molecule has 7 amide bonds. The van der Waals surface area contributed by atoms with Gasteiger partial charge in [0.15, 0.2) is 6.17 Å². The molecule has 434 valence electrons. The van der Waals surface area contributed by atoms with Gasteiger partial charge in [-0.05, 0) is 74.7 Å². The highest BCUT2D eigenvalue weighted by atomic mass is 35.5. The number of nitrogens with zero attached hydrogens (tertiary/aromatic N) is 1. The minimum atomic E-state index is -1.14. The molecule has 0 saturated carbocycles. The van der Waals surface area contributed by atoms with Crippen molar-refractivity contribution in [1.29, 1.82) is 0 Å². The van der Waals surface area contributed by atoms with E-state index in [9.17, 15) is 38.4 Å². The topological polar surface area (TPSA) is 282 Å². The van der Waals surface area contributed by atoms with Gasteiger partial charge in [-0.1, -0.05) is 104 Å². The number of hydrogen-bond acceptors (Lipinski definition) is 12. The van der Waals surface area contributed by atoms with Gasteiger partial charge in [0.1, 0.15) is 30.2 Å². The van der Waals surface area contributed by atoms with Gasteiger partial charge in [0.25, 0.3) is 0 Å². The Balaban J connectivity index is 0.0000289. The summed E-state index contributed by atoms with van der Waals surface area (Å²) < 4.78 is 16.4. The molecule has 1 aliphatic rings. The molecule has 1 aromatic rings. The number of rotatable bonds is 35. The molecular formula is C55H96ClN9O11. The summed E-state index contributed by atoms with van der Waals surface area (Å²) in [5, 5.41) is 19.4. The van der Waals surface area contributed by atoms with Crippen LogP contribution in [0.4, 0.5) is 0 Å². The van der Waals surface area contributed by atoms with Crippen LogP contribution in [0, 0.1) is 23.7 Å². The van der Waals surface area contributed by atoms with Gasteiger partial charge in [-0.3, -0.25) is 33.6 Å². The van der Waals surface area contributed by atoms with Crippen molar-refractivity contribution in [3.05, 3.63) is 35.9 Å². The molecule has 0 radical (unpaired) electrons. The Morgan fingerprint density at radius 3 is 1.88 bits per heavy atom. The maximum Gasteiger partial charge on any atom is 0.328 e. The van der Waals surface area contributed by atoms with E-state index in [1.54, 1.807) is 27.9 Å². The Kier molecular flexibility index (Phi) is 33.7. The van der Waals surface area contributed by atoms with Crippen LogP contribution < -0.4 is 55.4 Å². The third-order valence-electron chi connectivity index (χ3n) is 14.5. The number of carbonyl (C=O) groups is 8. The third-order valence-corrected chi connectivity index (χ3v) is 14.5. The average Bonchev–Trinajstić information content (AvgIpc) is 3.39. The molecule has 0 bridgehead atoms. The summed E-state index contributed by atoms with van der Waals surface area (Å²) in [7, 11) is 5.84. The van der Waals surface area contributed by atoms with Crippen LogP contribution >= 0.6 is 0 Å². The summed E-state index contributed by atoms with van der Waals surface area (Å²) in [5.74, 6) is -4.57. The molecule has 12 atom stereocenters. The first-order valence-corrected chi connectivity index (χ1v) is 27.4. The number of hydrogen-bond donors (Lipinski definition) is 8. The standard InChI is InChI=1S/C55H95N9O11.ClH/c1-13-36(6)48(53(70)59-38(8)50(67)60-43(31-39-23-17-15-18-24-39)54(71)64(9)49(37(7)14-2)55(72)75-12)63-52(69)47(34(3)4)62-46(66)33-41(74-11)30-35(5)29-40(73-10)32-45(65)58-28-21-16-19-25-42(56)51(68)61-44-26-20-22-27-57-44;/h15,17-18,23-24,34-38,40-44,47-49,57H,13-14,16,19-22,25-33,56H2,1-12H3,(H,58,65)(H,59,70)(H,60,67)(H,61,68)(H,62,66)(H,63,69);1H/t35?,36-,37-,38-,40?,41?,42?,43+,44?,47-,48-,49-;/m0./s1. The van der Waals surface area contributed by atoms with Gasteiger partial charge in [-0.25, -0.2) is 4.79 Å². The Morgan fingerprint density at radius 1 is 0.724 bits per heavy atom. The van der Waals surface area contributed by atoms with Gasteiger partial charge < -0.3 is 74.5 Å². The maximum absolute atomic E-state index is 14.1. The summed E-state index contributed by atoms with van der Waals surface area (Å²) in [6.07, 6.45) is 7.79. The van der Waals surface area contributed by atoms with Crippen molar-refractivity contribution >= 4 is 47.3 Å². The molecule has 0 spiro atoms. The molecule has 21 heteroatoms. The zero-order chi connectivity index (χ0) is 56.2. The van der Waals surface area contributed by atoms with E-state index >= 15 is 0 Å². The summed E-state index contributed by atoms with van der Waals surface area (Å²) in [6, 6.07) is 3.34. The summed E-state index contributed by atoms with van der Waals surface area (Å²) in [6.45, 7) is 16.0. The molecule has 1 saturated heterocycles. The van der Waals surface area contributed by atoms with Crippen LogP contribution in [0.1, 0.15) is 144 Å². The number of halogens is 1. The quantitative estimate of drug-likeness (QED) is 0.0312. The average molecular weight is 1090 g/mol. The van der Waals surface area contributed by atoms with Crippen LogP contribution in [-0.2, 0) is 59.0 Å². The van der Waals surface area contributed by atoms with Gasteiger partial charge >= 0.3 is 5.97 Å². The molecule has 1 aliphatic heterocycles. The number of piperidine rings is 1. The van der Waals surface area contributed by atoms with E-state index in [4.69, 9.17) is 19.9 Å². The lowest BCUT2D eigenvalue weighted by atomic mass is 9.93. The molecule has 0 aromatic heterocycles. The number of methoxy groups -OCH3 is 3. The number of carbonyl (C=O) groups excluding carboxylic acids is 8. The van der Waals surface area contributed by atoms with Crippen LogP contribution in [0.3, 0.4) is 0 Å². The Hall–Kier alpha value is -4.89. The maximum atomic E-state index is 14.1. The van der Waals surface area contributed by atoms with Crippen molar-refractivity contribution in [2.75, 3.05) is 41.5 Å². The van der Waals surface area contributed by atoms with Crippen molar-refractivity contribution < 1.29 is 70.3 Å². The number of amides is 7. The van der Waals surface area contributed by atoms with Crippen molar-refractivity contribution in [1.82, 2.24) is 36.8 Å². The number of unbranched alkanes of at least 4 members (excludes halogenated alkanes) is 2. The molecular weight excluding hydrogens is 998 g/mol. The van der Waals surface area contributed by atoms with Crippen molar-refractivity contribution in [2.24, 2.45) is 29.4 Å². The molecule has 1 aromatic carbocycles. The number of nitrogens with one attached hydrogen (secondary N) is 6. The van der Waals surface area contributed by atoms with Gasteiger partial charge in [0, 0.05) is 40.7 Å². The number of likely N-dealkylation sites (N-methyl/N-ethyl adjacent to an activating group) is 1. The zero-order valence-corrected chi connectivity index (χ0v) is 48.4. The first-order chi connectivity index (χ1) is 35.6. The fraction of sp³-hybridized carbons (Fsp3) is 0.745. The molecule has 2 rings (SSSR count). The van der Waals surface area contributed by atoms with Crippen LogP contribution in [0.15, 0.2) is 30.3 Å². The summed E-state index contributed by atoms with van der Waals surface area (Å²) >= 11 is 0. The highest BCUT2D eigenvalue weighted by Crippen LogP contribution is 2.21. The first kappa shape index (κ1) is 69.1. The number of esters is 1. The largest absolute Gasteiger partial charge is 1.00 e. The molecule has 20 nitrogen and oxygen atoms in total. The van der Waals surface area contributed by atoms with E-state index in [1.165, 1.54) is 39.5 Å². The van der Waals surface area contributed by atoms with E-state index in [-0.39, 0.29) is 79.4 Å². The number of ether oxygens (including phenoxy) is 3. The number of benzene rings is 1. The molecule has 1 fully saturated rings. The Bertz CT molecular complexity index is 1930. The SMILES string of the molecule is CC[C@H](C)[C@H](NC(=O)[C@@H](NC(=O)CC(CC(C)CC(CC(=O)NCCCCCC(N)C(=O)NC1CCCC[NH2+]1)OC)OC)C(C)C)C(=O)N[C@@H](C)C(=O)N[C@H](Cc1ccccc1)C(=O)N(C)[C@H](C(=O)OC)[C@@H](C)CC.[Cl-]. The van der Waals surface area contributed by atoms with E-state index in [0.29, 0.717) is 38.6 Å². The van der Waals surface area contributed by atoms with Crippen molar-refractivity contribution in [2.45, 2.75) is 200 Å². The monoisotopic (exact) mass is 1090 g/mol. The Morgan fingerprint density at radius 2 is 1.33 bits per heavy atom. The van der Waals surface area contributed by atoms with Gasteiger partial charge in [0.05, 0.1) is 44.7 Å². The van der Waals surface area contributed by atoms with E-state index in [1.807, 2.05) is 58.0 Å². The molecule has 1 heterocycles. The van der Waals surface area contributed by atoms with E-state index in [2.05, 4.69) is 37.2 Å². The van der Waals surface area contributed by atoms with Crippen LogP contribution in [0.25, 0.3) is 0 Å². The highest BCUT2D eigenvalue weighted by Gasteiger charge is 2.38. The van der Waals surface area contributed by atoms with Gasteiger partial charge in [-0.15, -0.1) is 0 Å². The Labute approximate surface area is 459 Å². The molecule has 0 aliphatic carbocycles. The summed E-state index contributed by atoms with van der Waals surface area (Å²) in [5.41, 5.74) is 6.89. The normalized spacial score (nSPS) is 17.7. The smallest absolute Gasteiger partial charge is 0.328 e. The third kappa shape index (κ3) is 24.6. The van der Waals surface area contributed by atoms with E-state index in [0.717, 1.165) is 44.2 Å². The first-order valence-electron chi connectivity index (χ1n) is 27.4. The fourth-order valence-electron chi connectivity index (χ4n) is 9.32. The predicted octanol–water partition coefficient (Wildman–Crippen LogP) is -0.640. The second-order valence-corrected chi connectivity index (χ2v) is 21.1. The second kappa shape index (κ2) is 37.0. The fourth-order valence-corrected chi connectivity index (χ4v) is 9.32. The van der Waals surface area contributed by atoms with E-state index < -0.39 is 77.9 Å². The lowest BCUT2D eigenvalue weighted by molar-refractivity contribution is -0.700. The number of nitrogens with two attached hydrogens (primary N) is 2. The van der Waals surface area contributed by atoms with Crippen molar-refractivity contribution in [3.63, 3.8) is 0 Å². The predicted molar refractivity (Wildman–Crippen MR) is 287 cm³/mol. The molecule has 5 unspecified atom stereocenters. The minimum absolute atomic E-state index is 0. The lowest BCUT2D eigenvalue weighted by Gasteiger charge is -2.33. The van der Waals surface area contributed by atoms with Crippen LogP contribution in [-0.4, -0.2) is 148 Å². The second-order valence-electron chi connectivity index (χ2n) is 21.1. The van der Waals surface area contributed by atoms with Crippen molar-refractivity contribution in [3.8, 4) is 0 Å². The zero-order valence-electron chi connectivity index (χ0n) is 47.7. The molecule has 76 heavy (non-hydrogen) atoms. The van der Waals surface area contributed by atoms with Crippen LogP contribution in [0.2, 0.25) is 0 Å². The van der Waals surface area contributed by atoms with Gasteiger partial charge in [-0.2, -0.15) is 0 Å². The minimum Gasteiger partial charge on any atom is -1.00 e. The summed E-state index contributed by atoms with van der Waals surface area (Å²) in [4.78, 5) is 109.